The number of rotatable bonds is 2. The summed E-state index contributed by atoms with van der Waals surface area (Å²) < 4.78 is 26.8. The molecule has 0 radical (unpaired) electrons. The number of para-hydroxylation sites is 1. The largest absolute Gasteiger partial charge is 0.335 e. The van der Waals surface area contributed by atoms with Crippen LogP contribution in [0.2, 0.25) is 0 Å². The van der Waals surface area contributed by atoms with Crippen molar-refractivity contribution in [2.75, 3.05) is 11.5 Å². The van der Waals surface area contributed by atoms with Crippen LogP contribution in [0.4, 0.5) is 0 Å². The summed E-state index contributed by atoms with van der Waals surface area (Å²) in [6.07, 6.45) is 1.10. The van der Waals surface area contributed by atoms with Crippen molar-refractivity contribution in [1.29, 1.82) is 0 Å². The minimum atomic E-state index is -3.16. The molecule has 0 amide bonds. The van der Waals surface area contributed by atoms with E-state index in [4.69, 9.17) is 0 Å². The number of thioether (sulfide) groups is 1. The second-order valence-electron chi connectivity index (χ2n) is 4.41. The van der Waals surface area contributed by atoms with Crippen LogP contribution in [-0.2, 0) is 16.4 Å². The molecule has 0 spiro atoms. The van der Waals surface area contributed by atoms with Gasteiger partial charge in [0.05, 0.1) is 16.3 Å². The van der Waals surface area contributed by atoms with Crippen LogP contribution >= 0.6 is 11.8 Å². The predicted molar refractivity (Wildman–Crippen MR) is 75.0 cm³/mol. The third-order valence-electron chi connectivity index (χ3n) is 3.33. The molecule has 0 saturated carbocycles. The van der Waals surface area contributed by atoms with Crippen molar-refractivity contribution < 1.29 is 8.42 Å². The Morgan fingerprint density at radius 3 is 2.89 bits per heavy atom. The Balaban J connectivity index is 2.43. The van der Waals surface area contributed by atoms with Crippen molar-refractivity contribution in [3.05, 3.63) is 24.3 Å². The van der Waals surface area contributed by atoms with Gasteiger partial charge in [-0.25, -0.2) is 8.42 Å². The third kappa shape index (κ3) is 1.68. The number of benzene rings is 1. The lowest BCUT2D eigenvalue weighted by Crippen LogP contribution is -2.10. The van der Waals surface area contributed by atoms with Gasteiger partial charge in [0, 0.05) is 17.7 Å². The minimum absolute atomic E-state index is 0.161. The highest BCUT2D eigenvalue weighted by Gasteiger charge is 2.27. The summed E-state index contributed by atoms with van der Waals surface area (Å²) in [6.45, 7) is 2.63. The van der Waals surface area contributed by atoms with Crippen molar-refractivity contribution in [3.8, 4) is 0 Å². The van der Waals surface area contributed by atoms with E-state index in [9.17, 15) is 8.42 Å². The van der Waals surface area contributed by atoms with Crippen molar-refractivity contribution in [2.45, 2.75) is 29.8 Å². The Morgan fingerprint density at radius 1 is 1.33 bits per heavy atom. The highest BCUT2D eigenvalue weighted by atomic mass is 32.2. The molecule has 18 heavy (non-hydrogen) atoms. The van der Waals surface area contributed by atoms with E-state index >= 15 is 0 Å². The highest BCUT2D eigenvalue weighted by Crippen LogP contribution is 2.39. The average Bonchev–Trinajstić information content (AvgIpc) is 2.74. The zero-order chi connectivity index (χ0) is 12.8. The van der Waals surface area contributed by atoms with Crippen LogP contribution in [0.5, 0.6) is 0 Å². The van der Waals surface area contributed by atoms with Gasteiger partial charge in [0.15, 0.2) is 9.84 Å². The van der Waals surface area contributed by atoms with E-state index in [1.807, 2.05) is 24.3 Å². The molecule has 1 aromatic carbocycles. The van der Waals surface area contributed by atoms with E-state index in [0.717, 1.165) is 34.6 Å². The second kappa shape index (κ2) is 4.31. The summed E-state index contributed by atoms with van der Waals surface area (Å²) in [5, 5.41) is 1.81. The maximum Gasteiger partial charge on any atom is 0.181 e. The lowest BCUT2D eigenvalue weighted by atomic mass is 10.2. The fourth-order valence-corrected chi connectivity index (χ4v) is 5.23. The molecule has 0 atom stereocenters. The van der Waals surface area contributed by atoms with Gasteiger partial charge in [0.25, 0.3) is 0 Å². The molecule has 3 rings (SSSR count). The summed E-state index contributed by atoms with van der Waals surface area (Å²) in [7, 11) is -3.16. The van der Waals surface area contributed by atoms with Crippen molar-refractivity contribution in [3.63, 3.8) is 0 Å². The molecule has 1 aliphatic rings. The molecule has 0 saturated heterocycles. The molecule has 96 valence electrons. The number of sulfone groups is 1. The fraction of sp³-hybridized carbons (Fsp3) is 0.385. The second-order valence-corrected chi connectivity index (χ2v) is 7.71. The summed E-state index contributed by atoms with van der Waals surface area (Å²) in [5.74, 6) is 1.16. The third-order valence-corrected chi connectivity index (χ3v) is 6.45. The molecule has 2 heterocycles. The van der Waals surface area contributed by atoms with Crippen LogP contribution in [0.3, 0.4) is 0 Å². The summed E-state index contributed by atoms with van der Waals surface area (Å²) in [4.78, 5) is 0.547. The van der Waals surface area contributed by atoms with Gasteiger partial charge in [-0.3, -0.25) is 0 Å². The van der Waals surface area contributed by atoms with Gasteiger partial charge in [0.1, 0.15) is 4.90 Å². The Hall–Kier alpha value is -0.940. The highest BCUT2D eigenvalue weighted by molar-refractivity contribution is 8.00. The first-order chi connectivity index (χ1) is 8.65. The zero-order valence-electron chi connectivity index (χ0n) is 10.2. The maximum absolute atomic E-state index is 12.3. The van der Waals surface area contributed by atoms with Gasteiger partial charge in [-0.1, -0.05) is 25.1 Å². The van der Waals surface area contributed by atoms with Gasteiger partial charge in [-0.2, -0.15) is 0 Å². The van der Waals surface area contributed by atoms with Crippen LogP contribution in [0.25, 0.3) is 10.9 Å². The van der Waals surface area contributed by atoms with Crippen LogP contribution in [0, 0.1) is 0 Å². The molecule has 0 unspecified atom stereocenters. The number of nitrogens with zero attached hydrogens (tertiary/aromatic N) is 1. The van der Waals surface area contributed by atoms with Crippen LogP contribution < -0.4 is 0 Å². The van der Waals surface area contributed by atoms with Gasteiger partial charge in [-0.05, 0) is 12.5 Å². The Kier molecular flexibility index (Phi) is 2.90. The van der Waals surface area contributed by atoms with Gasteiger partial charge < -0.3 is 4.57 Å². The summed E-state index contributed by atoms with van der Waals surface area (Å²) in [5.41, 5.74) is 1.05. The SMILES string of the molecule is CCS(=O)(=O)c1c2n(c3ccccc13)CCCS2. The molecule has 0 aliphatic carbocycles. The number of hydrogen-bond acceptors (Lipinski definition) is 3. The quantitative estimate of drug-likeness (QED) is 0.849. The number of aromatic nitrogens is 1. The van der Waals surface area contributed by atoms with Gasteiger partial charge in [-0.15, -0.1) is 11.8 Å². The first kappa shape index (κ1) is 12.1. The molecule has 0 fully saturated rings. The molecule has 0 bridgehead atoms. The monoisotopic (exact) mass is 281 g/mol. The Bertz CT molecular complexity index is 701. The first-order valence-electron chi connectivity index (χ1n) is 6.12. The van der Waals surface area contributed by atoms with E-state index in [1.165, 1.54) is 0 Å². The maximum atomic E-state index is 12.3. The lowest BCUT2D eigenvalue weighted by molar-refractivity contribution is 0.587. The molecule has 1 aliphatic heterocycles. The topological polar surface area (TPSA) is 39.1 Å². The molecule has 0 N–H and O–H groups in total. The number of aryl methyl sites for hydroxylation is 1. The Labute approximate surface area is 111 Å². The molecule has 2 aromatic rings. The normalized spacial score (nSPS) is 15.8. The van der Waals surface area contributed by atoms with E-state index in [1.54, 1.807) is 18.7 Å². The number of hydrogen-bond donors (Lipinski definition) is 0. The molecule has 3 nitrogen and oxygen atoms in total. The van der Waals surface area contributed by atoms with Gasteiger partial charge in [0.2, 0.25) is 0 Å². The summed E-state index contributed by atoms with van der Waals surface area (Å²) >= 11 is 1.67. The van der Waals surface area contributed by atoms with Crippen molar-refractivity contribution in [2.24, 2.45) is 0 Å². The van der Waals surface area contributed by atoms with Gasteiger partial charge >= 0.3 is 0 Å². The standard InChI is InChI=1S/C13H15NO2S2/c1-2-18(15,16)12-10-6-3-4-7-11(10)14-8-5-9-17-13(12)14/h3-4,6-7H,2,5,8-9H2,1H3. The minimum Gasteiger partial charge on any atom is -0.335 e. The van der Waals surface area contributed by atoms with E-state index in [-0.39, 0.29) is 5.75 Å². The van der Waals surface area contributed by atoms with Crippen molar-refractivity contribution in [1.82, 2.24) is 4.57 Å². The van der Waals surface area contributed by atoms with Crippen LogP contribution in [0.1, 0.15) is 13.3 Å². The summed E-state index contributed by atoms with van der Waals surface area (Å²) in [6, 6.07) is 7.81. The molecule has 5 heteroatoms. The van der Waals surface area contributed by atoms with Crippen LogP contribution in [-0.4, -0.2) is 24.5 Å². The Morgan fingerprint density at radius 2 is 2.11 bits per heavy atom. The predicted octanol–water partition coefficient (Wildman–Crippen LogP) is 2.93. The van der Waals surface area contributed by atoms with E-state index in [2.05, 4.69) is 4.57 Å². The number of fused-ring (bicyclic) bond motifs is 3. The first-order valence-corrected chi connectivity index (χ1v) is 8.75. The fourth-order valence-electron chi connectivity index (χ4n) is 2.45. The smallest absolute Gasteiger partial charge is 0.181 e. The average molecular weight is 281 g/mol. The van der Waals surface area contributed by atoms with Crippen LogP contribution in [0.15, 0.2) is 34.2 Å². The zero-order valence-corrected chi connectivity index (χ0v) is 11.9. The van der Waals surface area contributed by atoms with E-state index < -0.39 is 9.84 Å². The molecular formula is C13H15NO2S2. The molecular weight excluding hydrogens is 266 g/mol. The van der Waals surface area contributed by atoms with E-state index in [0.29, 0.717) is 4.90 Å². The lowest BCUT2D eigenvalue weighted by Gasteiger charge is -2.16. The van der Waals surface area contributed by atoms with Crippen molar-refractivity contribution >= 4 is 32.5 Å². The molecule has 1 aromatic heterocycles.